The summed E-state index contributed by atoms with van der Waals surface area (Å²) in [4.78, 5) is 13.4. The molecule has 1 saturated carbocycles. The molecule has 24 heavy (non-hydrogen) atoms. The second kappa shape index (κ2) is 4.78. The molecule has 0 aliphatic heterocycles. The predicted molar refractivity (Wildman–Crippen MR) is 98.6 cm³/mol. The summed E-state index contributed by atoms with van der Waals surface area (Å²) >= 11 is 6.26. The zero-order valence-corrected chi connectivity index (χ0v) is 15.9. The van der Waals surface area contributed by atoms with Crippen molar-refractivity contribution in [1.29, 1.82) is 0 Å². The van der Waals surface area contributed by atoms with Crippen LogP contribution in [0.15, 0.2) is 23.0 Å². The molecule has 0 unspecified atom stereocenters. The average molecular weight is 345 g/mol. The second-order valence-electron chi connectivity index (χ2n) is 8.23. The minimum atomic E-state index is 0.0705. The molecule has 0 saturated heterocycles. The van der Waals surface area contributed by atoms with Crippen molar-refractivity contribution < 1.29 is 0 Å². The monoisotopic (exact) mass is 344 g/mol. The third-order valence-corrected chi connectivity index (χ3v) is 7.06. The predicted octanol–water partition coefficient (Wildman–Crippen LogP) is 4.80. The van der Waals surface area contributed by atoms with E-state index in [0.29, 0.717) is 10.9 Å². The lowest BCUT2D eigenvalue weighted by Gasteiger charge is -2.36. The maximum atomic E-state index is 13.4. The number of nitrogens with zero attached hydrogens (tertiary/aromatic N) is 2. The maximum Gasteiger partial charge on any atom is 0.275 e. The van der Waals surface area contributed by atoms with Gasteiger partial charge >= 0.3 is 0 Å². The summed E-state index contributed by atoms with van der Waals surface area (Å²) in [5.74, 6) is 0.365. The van der Waals surface area contributed by atoms with Gasteiger partial charge in [-0.05, 0) is 61.8 Å². The van der Waals surface area contributed by atoms with Gasteiger partial charge in [-0.2, -0.15) is 0 Å². The van der Waals surface area contributed by atoms with Gasteiger partial charge in [-0.25, -0.2) is 4.68 Å². The van der Waals surface area contributed by atoms with Gasteiger partial charge in [0.05, 0.1) is 11.4 Å². The van der Waals surface area contributed by atoms with Crippen LogP contribution >= 0.6 is 11.6 Å². The van der Waals surface area contributed by atoms with Gasteiger partial charge in [-0.1, -0.05) is 32.4 Å². The molecule has 2 aliphatic carbocycles. The van der Waals surface area contributed by atoms with Crippen molar-refractivity contribution in [1.82, 2.24) is 9.36 Å². The molecule has 4 rings (SSSR count). The van der Waals surface area contributed by atoms with E-state index in [1.807, 2.05) is 29.8 Å². The summed E-state index contributed by atoms with van der Waals surface area (Å²) in [6.07, 6.45) is 2.28. The molecule has 1 aromatic heterocycles. The summed E-state index contributed by atoms with van der Waals surface area (Å²) in [5, 5.41) is 0.676. The van der Waals surface area contributed by atoms with E-state index in [-0.39, 0.29) is 16.4 Å². The van der Waals surface area contributed by atoms with Crippen LogP contribution in [0.3, 0.4) is 0 Å². The molecule has 1 aromatic carbocycles. The molecule has 2 aromatic rings. The highest BCUT2D eigenvalue weighted by molar-refractivity contribution is 6.30. The minimum Gasteiger partial charge on any atom is -0.281 e. The van der Waals surface area contributed by atoms with Crippen LogP contribution in [0.1, 0.15) is 63.3 Å². The van der Waals surface area contributed by atoms with Crippen LogP contribution in [0.4, 0.5) is 0 Å². The third-order valence-electron chi connectivity index (χ3n) is 6.85. The first kappa shape index (κ1) is 16.0. The van der Waals surface area contributed by atoms with E-state index in [1.54, 1.807) is 0 Å². The van der Waals surface area contributed by atoms with E-state index in [4.69, 9.17) is 11.6 Å². The zero-order chi connectivity index (χ0) is 17.4. The van der Waals surface area contributed by atoms with E-state index >= 15 is 0 Å². The standard InChI is InChI=1S/C20H25ClN2O/c1-6-22-17-16(15-7-8-20(17,5)19(15,3)4)18(24)23(22)14-10-12(2)9-13(21)11-14/h9-11,15H,6-8H2,1-5H3/t15-,20+/m1/s1. The number of benzene rings is 1. The topological polar surface area (TPSA) is 26.9 Å². The number of hydrogen-bond acceptors (Lipinski definition) is 1. The van der Waals surface area contributed by atoms with Crippen molar-refractivity contribution in [2.24, 2.45) is 5.41 Å². The zero-order valence-electron chi connectivity index (χ0n) is 15.1. The van der Waals surface area contributed by atoms with Gasteiger partial charge in [0.25, 0.3) is 5.56 Å². The van der Waals surface area contributed by atoms with Crippen molar-refractivity contribution >= 4 is 11.6 Å². The molecule has 0 N–H and O–H groups in total. The van der Waals surface area contributed by atoms with Crippen LogP contribution in [0.5, 0.6) is 0 Å². The molecule has 3 nitrogen and oxygen atoms in total. The Hall–Kier alpha value is -1.48. The second-order valence-corrected chi connectivity index (χ2v) is 8.66. The van der Waals surface area contributed by atoms with E-state index in [9.17, 15) is 4.79 Å². The molecule has 2 bridgehead atoms. The molecule has 1 heterocycles. The van der Waals surface area contributed by atoms with Crippen LogP contribution < -0.4 is 5.56 Å². The number of rotatable bonds is 2. The van der Waals surface area contributed by atoms with Gasteiger partial charge in [-0.15, -0.1) is 0 Å². The van der Waals surface area contributed by atoms with E-state index in [1.165, 1.54) is 5.69 Å². The fourth-order valence-electron chi connectivity index (χ4n) is 5.29. The molecule has 128 valence electrons. The van der Waals surface area contributed by atoms with Gasteiger partial charge in [0.15, 0.2) is 0 Å². The Morgan fingerprint density at radius 1 is 1.25 bits per heavy atom. The van der Waals surface area contributed by atoms with E-state index < -0.39 is 0 Å². The van der Waals surface area contributed by atoms with Gasteiger partial charge < -0.3 is 0 Å². The summed E-state index contributed by atoms with van der Waals surface area (Å²) in [7, 11) is 0. The summed E-state index contributed by atoms with van der Waals surface area (Å²) in [6, 6.07) is 5.87. The highest BCUT2D eigenvalue weighted by Gasteiger charge is 2.62. The Morgan fingerprint density at radius 3 is 2.58 bits per heavy atom. The van der Waals surface area contributed by atoms with Crippen molar-refractivity contribution in [2.45, 2.75) is 65.3 Å². The smallest absolute Gasteiger partial charge is 0.275 e. The van der Waals surface area contributed by atoms with E-state index in [2.05, 4.69) is 32.4 Å². The van der Waals surface area contributed by atoms with Crippen LogP contribution in [-0.4, -0.2) is 9.36 Å². The normalized spacial score (nSPS) is 26.8. The highest BCUT2D eigenvalue weighted by atomic mass is 35.5. The Morgan fingerprint density at radius 2 is 1.96 bits per heavy atom. The molecule has 0 spiro atoms. The first-order chi connectivity index (χ1) is 11.2. The number of aromatic nitrogens is 2. The quantitative estimate of drug-likeness (QED) is 0.769. The number of aryl methyl sites for hydroxylation is 1. The van der Waals surface area contributed by atoms with Crippen LogP contribution in [-0.2, 0) is 12.0 Å². The molecule has 4 heteroatoms. The van der Waals surface area contributed by atoms with Gasteiger partial charge in [0.2, 0.25) is 0 Å². The highest BCUT2D eigenvalue weighted by Crippen LogP contribution is 2.67. The third kappa shape index (κ3) is 1.72. The molecule has 1 fully saturated rings. The minimum absolute atomic E-state index is 0.0705. The van der Waals surface area contributed by atoms with Gasteiger partial charge in [0, 0.05) is 22.5 Å². The molecule has 0 radical (unpaired) electrons. The molecule has 2 aliphatic rings. The number of hydrogen-bond donors (Lipinski definition) is 0. The number of fused-ring (bicyclic) bond motifs is 5. The van der Waals surface area contributed by atoms with Crippen LogP contribution in [0.25, 0.3) is 5.69 Å². The van der Waals surface area contributed by atoms with Crippen molar-refractivity contribution in [3.63, 3.8) is 0 Å². The molecule has 2 atom stereocenters. The first-order valence-electron chi connectivity index (χ1n) is 8.86. The van der Waals surface area contributed by atoms with Gasteiger partial charge in [0.1, 0.15) is 0 Å². The first-order valence-corrected chi connectivity index (χ1v) is 9.24. The van der Waals surface area contributed by atoms with Gasteiger partial charge in [-0.3, -0.25) is 9.48 Å². The molecular weight excluding hydrogens is 320 g/mol. The Labute approximate surface area is 148 Å². The Bertz CT molecular complexity index is 885. The lowest BCUT2D eigenvalue weighted by atomic mass is 9.70. The summed E-state index contributed by atoms with van der Waals surface area (Å²) in [5.41, 5.74) is 4.63. The summed E-state index contributed by atoms with van der Waals surface area (Å²) in [6.45, 7) is 11.9. The average Bonchev–Trinajstić information content (AvgIpc) is 2.97. The Balaban J connectivity index is 2.05. The lowest BCUT2D eigenvalue weighted by molar-refractivity contribution is 0.216. The SMILES string of the molecule is CCn1c2c(c(=O)n1-c1cc(C)cc(Cl)c1)[C@H]1CC[C@]2(C)C1(C)C. The fraction of sp³-hybridized carbons (Fsp3) is 0.550. The van der Waals surface area contributed by atoms with Crippen molar-refractivity contribution in [2.75, 3.05) is 0 Å². The molecule has 0 amide bonds. The van der Waals surface area contributed by atoms with Crippen molar-refractivity contribution in [3.8, 4) is 5.69 Å². The van der Waals surface area contributed by atoms with Crippen molar-refractivity contribution in [3.05, 3.63) is 50.4 Å². The Kier molecular flexibility index (Phi) is 3.19. The largest absolute Gasteiger partial charge is 0.281 e. The number of halogens is 1. The lowest BCUT2D eigenvalue weighted by Crippen LogP contribution is -2.35. The van der Waals surface area contributed by atoms with Crippen LogP contribution in [0, 0.1) is 12.3 Å². The summed E-state index contributed by atoms with van der Waals surface area (Å²) < 4.78 is 4.05. The van der Waals surface area contributed by atoms with Crippen LogP contribution in [0.2, 0.25) is 5.02 Å². The van der Waals surface area contributed by atoms with E-state index in [0.717, 1.165) is 36.2 Å². The fourth-order valence-corrected chi connectivity index (χ4v) is 5.57. The maximum absolute atomic E-state index is 13.4. The molecular formula is C20H25ClN2O.